The molecule has 0 saturated carbocycles. The molecular weight excluding hydrogens is 366 g/mol. The van der Waals surface area contributed by atoms with Gasteiger partial charge < -0.3 is 4.74 Å². The highest BCUT2D eigenvalue weighted by Crippen LogP contribution is 2.50. The Morgan fingerprint density at radius 2 is 1.43 bits per heavy atom. The van der Waals surface area contributed by atoms with Gasteiger partial charge in [-0.25, -0.2) is 0 Å². The van der Waals surface area contributed by atoms with Crippen LogP contribution in [0.3, 0.4) is 0 Å². The van der Waals surface area contributed by atoms with Crippen molar-refractivity contribution in [1.29, 1.82) is 5.26 Å². The molecule has 0 bridgehead atoms. The van der Waals surface area contributed by atoms with Crippen molar-refractivity contribution in [2.24, 2.45) is 0 Å². The van der Waals surface area contributed by atoms with E-state index < -0.39 is 8.07 Å². The summed E-state index contributed by atoms with van der Waals surface area (Å²) in [5.74, 6) is 0.808. The Morgan fingerprint density at radius 1 is 1.00 bits per heavy atom. The summed E-state index contributed by atoms with van der Waals surface area (Å²) in [6.07, 6.45) is 0. The van der Waals surface area contributed by atoms with Gasteiger partial charge in [0, 0.05) is 4.11 Å². The van der Waals surface area contributed by atoms with Gasteiger partial charge in [-0.3, -0.25) is 0 Å². The second kappa shape index (κ2) is 8.17. The summed E-state index contributed by atoms with van der Waals surface area (Å²) in [6.45, 7) is 13.8. The van der Waals surface area contributed by atoms with E-state index in [1.54, 1.807) is 7.11 Å². The van der Waals surface area contributed by atoms with Crippen molar-refractivity contribution in [1.82, 2.24) is 0 Å². The van der Waals surface area contributed by atoms with E-state index in [1.807, 2.05) is 24.3 Å². The number of nitriles is 1. The number of methoxy groups -OCH3 is 1. The topological polar surface area (TPSA) is 33.0 Å². The van der Waals surface area contributed by atoms with E-state index in [0.29, 0.717) is 16.6 Å². The summed E-state index contributed by atoms with van der Waals surface area (Å²) in [7, 11) is -0.224. The number of nitrogens with zero attached hydrogens (tertiary/aromatic N) is 1. The van der Waals surface area contributed by atoms with E-state index in [2.05, 4.69) is 63.5 Å². The molecule has 0 spiro atoms. The predicted octanol–water partition coefficient (Wildman–Crippen LogP) is 6.54. The summed E-state index contributed by atoms with van der Waals surface area (Å²) in [5, 5.41) is 9.84. The van der Waals surface area contributed by atoms with Crippen LogP contribution in [0.2, 0.25) is 16.6 Å². The first-order valence-corrected chi connectivity index (χ1v) is 11.2. The summed E-state index contributed by atoms with van der Waals surface area (Å²) >= 11 is 3.89. The summed E-state index contributed by atoms with van der Waals surface area (Å²) in [5.41, 5.74) is 3.39. The fourth-order valence-corrected chi connectivity index (χ4v) is 14.6. The lowest BCUT2D eigenvalue weighted by Crippen LogP contribution is -2.45. The van der Waals surface area contributed by atoms with Gasteiger partial charge in [0.25, 0.3) is 0 Å². The van der Waals surface area contributed by atoms with Crippen molar-refractivity contribution in [3.05, 3.63) is 33.9 Å². The lowest BCUT2D eigenvalue weighted by molar-refractivity contribution is 0.415. The Balaban J connectivity index is 3.60. The van der Waals surface area contributed by atoms with Gasteiger partial charge in [-0.15, -0.1) is 0 Å². The van der Waals surface area contributed by atoms with E-state index >= 15 is 0 Å². The van der Waals surface area contributed by atoms with E-state index in [-0.39, 0.29) is 0 Å². The molecule has 0 N–H and O–H groups in total. The molecule has 0 aromatic heterocycles. The van der Waals surface area contributed by atoms with Gasteiger partial charge in [0.05, 0.1) is 12.7 Å². The van der Waals surface area contributed by atoms with Crippen LogP contribution in [0.5, 0.6) is 5.75 Å². The minimum Gasteiger partial charge on any atom is -0.497 e. The molecule has 0 fully saturated rings. The minimum atomic E-state index is -1.88. The zero-order valence-corrected chi connectivity index (χ0v) is 17.9. The molecule has 0 radical (unpaired) electrons. The predicted molar refractivity (Wildman–Crippen MR) is 106 cm³/mol. The second-order valence-corrected chi connectivity index (χ2v) is 14.3. The van der Waals surface area contributed by atoms with Crippen LogP contribution in [0.4, 0.5) is 0 Å². The molecule has 1 aromatic carbocycles. The van der Waals surface area contributed by atoms with Crippen molar-refractivity contribution < 1.29 is 4.74 Å². The van der Waals surface area contributed by atoms with Crippen LogP contribution in [0.25, 0.3) is 5.57 Å². The van der Waals surface area contributed by atoms with Gasteiger partial charge in [0.2, 0.25) is 0 Å². The molecular formula is C19H28BrNOSi. The Bertz CT molecular complexity index is 575. The molecule has 126 valence electrons. The number of allylic oxidation sites excluding steroid dienone is 1. The Labute approximate surface area is 150 Å². The van der Waals surface area contributed by atoms with E-state index in [9.17, 15) is 5.26 Å². The standard InChI is InChI=1S/C19H28BrNOSi/c1-13(2)23(14(3)4,15(5)6)19(20)18(12-21)16-8-10-17(22-7)11-9-16/h8-11,13-15H,1-7H3/b19-18-. The zero-order valence-electron chi connectivity index (χ0n) is 15.3. The molecule has 0 aliphatic carbocycles. The fraction of sp³-hybridized carbons (Fsp3) is 0.526. The lowest BCUT2D eigenvalue weighted by atomic mass is 10.1. The molecule has 0 amide bonds. The second-order valence-electron chi connectivity index (χ2n) is 6.93. The van der Waals surface area contributed by atoms with Gasteiger partial charge in [-0.1, -0.05) is 57.5 Å². The number of hydrogen-bond donors (Lipinski definition) is 0. The SMILES string of the molecule is COc1ccc(/C(C#N)=C(/Br)[Si](C(C)C)(C(C)C)C(C)C)cc1. The summed E-state index contributed by atoms with van der Waals surface area (Å²) in [6, 6.07) is 10.2. The molecule has 2 nitrogen and oxygen atoms in total. The monoisotopic (exact) mass is 393 g/mol. The molecule has 0 saturated heterocycles. The van der Waals surface area contributed by atoms with Crippen molar-refractivity contribution in [2.75, 3.05) is 7.11 Å². The van der Waals surface area contributed by atoms with Crippen molar-refractivity contribution in [3.8, 4) is 11.8 Å². The van der Waals surface area contributed by atoms with Crippen LogP contribution in [-0.2, 0) is 0 Å². The molecule has 4 heteroatoms. The van der Waals surface area contributed by atoms with Crippen LogP contribution in [0.1, 0.15) is 47.1 Å². The largest absolute Gasteiger partial charge is 0.497 e. The average Bonchev–Trinajstić information content (AvgIpc) is 2.48. The third-order valence-electron chi connectivity index (χ3n) is 4.96. The fourth-order valence-electron chi connectivity index (χ4n) is 3.97. The maximum atomic E-state index is 9.84. The number of hydrogen-bond acceptors (Lipinski definition) is 2. The highest BCUT2D eigenvalue weighted by atomic mass is 79.9. The molecule has 0 heterocycles. The van der Waals surface area contributed by atoms with Crippen molar-refractivity contribution in [3.63, 3.8) is 0 Å². The van der Waals surface area contributed by atoms with E-state index in [0.717, 1.165) is 21.0 Å². The Hall–Kier alpha value is -1.05. The zero-order chi connectivity index (χ0) is 17.8. The number of benzene rings is 1. The molecule has 0 unspecified atom stereocenters. The van der Waals surface area contributed by atoms with Gasteiger partial charge in [0.15, 0.2) is 0 Å². The van der Waals surface area contributed by atoms with Gasteiger partial charge >= 0.3 is 0 Å². The quantitative estimate of drug-likeness (QED) is 0.405. The van der Waals surface area contributed by atoms with Gasteiger partial charge in [-0.05, 0) is 46.5 Å². The third kappa shape index (κ3) is 3.72. The van der Waals surface area contributed by atoms with Crippen molar-refractivity contribution >= 4 is 29.6 Å². The molecule has 1 rings (SSSR count). The number of rotatable bonds is 6. The van der Waals surface area contributed by atoms with Crippen LogP contribution in [0.15, 0.2) is 28.4 Å². The number of halogens is 1. The Kier molecular flexibility index (Phi) is 7.10. The van der Waals surface area contributed by atoms with Gasteiger partial charge in [-0.2, -0.15) is 5.26 Å². The van der Waals surface area contributed by atoms with Crippen molar-refractivity contribution in [2.45, 2.75) is 58.2 Å². The van der Waals surface area contributed by atoms with Crippen LogP contribution in [0, 0.1) is 11.3 Å². The third-order valence-corrected chi connectivity index (χ3v) is 14.2. The average molecular weight is 394 g/mol. The molecule has 0 aliphatic heterocycles. The molecule has 23 heavy (non-hydrogen) atoms. The Morgan fingerprint density at radius 3 is 1.74 bits per heavy atom. The summed E-state index contributed by atoms with van der Waals surface area (Å²) in [4.78, 5) is 0. The smallest absolute Gasteiger partial charge is 0.118 e. The number of ether oxygens (including phenoxy) is 1. The molecule has 1 aromatic rings. The van der Waals surface area contributed by atoms with E-state index in [1.165, 1.54) is 0 Å². The first kappa shape index (κ1) is 20.0. The minimum absolute atomic E-state index is 0.554. The van der Waals surface area contributed by atoms with Crippen LogP contribution < -0.4 is 4.74 Å². The normalized spacial score (nSPS) is 13.3. The maximum absolute atomic E-state index is 9.84. The first-order valence-electron chi connectivity index (χ1n) is 8.18. The van der Waals surface area contributed by atoms with E-state index in [4.69, 9.17) is 4.74 Å². The highest BCUT2D eigenvalue weighted by Gasteiger charge is 2.46. The molecule has 0 aliphatic rings. The molecule has 0 atom stereocenters. The summed E-state index contributed by atoms with van der Waals surface area (Å²) < 4.78 is 6.37. The lowest BCUT2D eigenvalue weighted by Gasteiger charge is -2.43. The van der Waals surface area contributed by atoms with Gasteiger partial charge in [0.1, 0.15) is 19.9 Å². The first-order chi connectivity index (χ1) is 10.7. The van der Waals surface area contributed by atoms with Crippen LogP contribution in [-0.4, -0.2) is 15.2 Å². The van der Waals surface area contributed by atoms with Crippen LogP contribution >= 0.6 is 15.9 Å². The maximum Gasteiger partial charge on any atom is 0.118 e. The highest BCUT2D eigenvalue weighted by molar-refractivity contribution is 9.12.